The zero-order chi connectivity index (χ0) is 10.1. The van der Waals surface area contributed by atoms with Crippen LogP contribution in [0.2, 0.25) is 0 Å². The molecular weight excluding hydrogens is 202 g/mol. The van der Waals surface area contributed by atoms with Crippen LogP contribution in [0.25, 0.3) is 0 Å². The van der Waals surface area contributed by atoms with Crippen molar-refractivity contribution >= 4 is 29.3 Å². The van der Waals surface area contributed by atoms with Crippen LogP contribution in [-0.2, 0) is 0 Å². The van der Waals surface area contributed by atoms with Crippen molar-refractivity contribution in [1.82, 2.24) is 0 Å². The van der Waals surface area contributed by atoms with Crippen LogP contribution in [0.3, 0.4) is 0 Å². The minimum atomic E-state index is -0.824. The Morgan fingerprint density at radius 1 is 1.57 bits per heavy atom. The lowest BCUT2D eigenvalue weighted by Gasteiger charge is -2.13. The van der Waals surface area contributed by atoms with Gasteiger partial charge >= 0.3 is 0 Å². The monoisotopic (exact) mass is 207 g/mol. The molecule has 2 aliphatic rings. The molecule has 0 aromatic rings. The summed E-state index contributed by atoms with van der Waals surface area (Å²) in [6.07, 6.45) is 5.90. The average molecular weight is 207 g/mol. The fourth-order valence-corrected chi connectivity index (χ4v) is 1.45. The van der Waals surface area contributed by atoms with Crippen LogP contribution in [0.1, 0.15) is 0 Å². The van der Waals surface area contributed by atoms with Crippen molar-refractivity contribution in [2.75, 3.05) is 0 Å². The Morgan fingerprint density at radius 2 is 2.36 bits per heavy atom. The van der Waals surface area contributed by atoms with E-state index in [4.69, 9.17) is 12.2 Å². The molecule has 1 unspecified atom stereocenters. The van der Waals surface area contributed by atoms with Gasteiger partial charge < -0.3 is 0 Å². The molecule has 5 nitrogen and oxygen atoms in total. The van der Waals surface area contributed by atoms with Gasteiger partial charge in [-0.25, -0.2) is 9.98 Å². The Kier molecular flexibility index (Phi) is 2.05. The van der Waals surface area contributed by atoms with E-state index in [1.807, 2.05) is 0 Å². The third-order valence-electron chi connectivity index (χ3n) is 1.91. The van der Waals surface area contributed by atoms with Crippen molar-refractivity contribution in [3.8, 4) is 0 Å². The molecule has 14 heavy (non-hydrogen) atoms. The fourth-order valence-electron chi connectivity index (χ4n) is 1.23. The van der Waals surface area contributed by atoms with Crippen LogP contribution in [0.4, 0.5) is 0 Å². The lowest BCUT2D eigenvalue weighted by molar-refractivity contribution is -0.496. The maximum atomic E-state index is 10.5. The van der Waals surface area contributed by atoms with Gasteiger partial charge in [0.05, 0.1) is 5.71 Å². The molecule has 1 aliphatic carbocycles. The predicted octanol–water partition coefficient (Wildman–Crippen LogP) is 0.938. The van der Waals surface area contributed by atoms with Crippen LogP contribution < -0.4 is 0 Å². The standard InChI is InChI=1S/C8H5N3O2S/c12-11(13)5-1-2-7-6(3-5)8(14)10-4-9-7/h1-5H. The minimum absolute atomic E-state index is 0.353. The van der Waals surface area contributed by atoms with E-state index in [9.17, 15) is 10.1 Å². The molecule has 1 heterocycles. The smallest absolute Gasteiger partial charge is 0.250 e. The molecule has 0 saturated heterocycles. The molecule has 6 heteroatoms. The first-order chi connectivity index (χ1) is 6.68. The summed E-state index contributed by atoms with van der Waals surface area (Å²) in [7, 11) is 0. The van der Waals surface area contributed by atoms with Gasteiger partial charge in [0.25, 0.3) is 6.04 Å². The number of hydrogen-bond donors (Lipinski definition) is 0. The van der Waals surface area contributed by atoms with Crippen molar-refractivity contribution in [2.24, 2.45) is 9.98 Å². The normalized spacial score (nSPS) is 24.0. The molecule has 0 fully saturated rings. The number of nitro groups is 1. The summed E-state index contributed by atoms with van der Waals surface area (Å²) in [6.45, 7) is 0. The van der Waals surface area contributed by atoms with Gasteiger partial charge in [0.15, 0.2) is 0 Å². The molecule has 0 N–H and O–H groups in total. The topological polar surface area (TPSA) is 67.9 Å². The number of hydrogen-bond acceptors (Lipinski definition) is 4. The highest BCUT2D eigenvalue weighted by Crippen LogP contribution is 2.16. The van der Waals surface area contributed by atoms with Crippen LogP contribution in [-0.4, -0.2) is 28.0 Å². The highest BCUT2D eigenvalue weighted by atomic mass is 32.1. The molecule has 0 spiro atoms. The number of allylic oxidation sites excluding steroid dienone is 1. The lowest BCUT2D eigenvalue weighted by Crippen LogP contribution is -2.23. The summed E-state index contributed by atoms with van der Waals surface area (Å²) in [5, 5.41) is 10.5. The van der Waals surface area contributed by atoms with Gasteiger partial charge in [-0.1, -0.05) is 12.2 Å². The quantitative estimate of drug-likeness (QED) is 0.365. The third-order valence-corrected chi connectivity index (χ3v) is 2.24. The number of nitrogens with zero attached hydrogens (tertiary/aromatic N) is 3. The van der Waals surface area contributed by atoms with Gasteiger partial charge in [-0.15, -0.1) is 0 Å². The molecule has 0 aromatic heterocycles. The summed E-state index contributed by atoms with van der Waals surface area (Å²) < 4.78 is 0. The zero-order valence-corrected chi connectivity index (χ0v) is 7.77. The molecule has 0 amide bonds. The summed E-state index contributed by atoms with van der Waals surface area (Å²) in [5.41, 5.74) is 1.22. The molecule has 1 aliphatic heterocycles. The SMILES string of the molecule is O=[N+]([O-])C1C=CC2=NC=NC(=S)C2=C1. The van der Waals surface area contributed by atoms with Crippen LogP contribution in [0, 0.1) is 10.1 Å². The highest BCUT2D eigenvalue weighted by Gasteiger charge is 2.24. The van der Waals surface area contributed by atoms with E-state index in [0.29, 0.717) is 16.3 Å². The van der Waals surface area contributed by atoms with E-state index < -0.39 is 6.04 Å². The molecular formula is C8H5N3O2S. The second-order valence-corrected chi connectivity index (χ2v) is 3.17. The first-order valence-electron chi connectivity index (χ1n) is 3.87. The summed E-state index contributed by atoms with van der Waals surface area (Å²) >= 11 is 4.94. The Labute approximate surface area is 84.7 Å². The van der Waals surface area contributed by atoms with Gasteiger partial charge in [-0.3, -0.25) is 10.1 Å². The Balaban J connectivity index is 2.41. The van der Waals surface area contributed by atoms with E-state index in [0.717, 1.165) is 0 Å². The van der Waals surface area contributed by atoms with E-state index in [2.05, 4.69) is 9.98 Å². The van der Waals surface area contributed by atoms with Crippen LogP contribution in [0.15, 0.2) is 33.8 Å². The van der Waals surface area contributed by atoms with Crippen LogP contribution in [0.5, 0.6) is 0 Å². The first kappa shape index (κ1) is 8.89. The average Bonchev–Trinajstić information content (AvgIpc) is 2.18. The molecule has 70 valence electrons. The number of aliphatic imine (C=N–C) groups is 2. The Bertz CT molecular complexity index is 434. The van der Waals surface area contributed by atoms with Crippen molar-refractivity contribution in [3.63, 3.8) is 0 Å². The number of fused-ring (bicyclic) bond motifs is 1. The van der Waals surface area contributed by atoms with Crippen molar-refractivity contribution in [1.29, 1.82) is 0 Å². The summed E-state index contributed by atoms with van der Waals surface area (Å²) in [6, 6.07) is -0.824. The molecule has 0 saturated carbocycles. The molecule has 0 aromatic carbocycles. The van der Waals surface area contributed by atoms with Crippen LogP contribution >= 0.6 is 12.2 Å². The molecule has 1 atom stereocenters. The van der Waals surface area contributed by atoms with E-state index in [1.54, 1.807) is 6.08 Å². The van der Waals surface area contributed by atoms with Crippen molar-refractivity contribution in [3.05, 3.63) is 33.9 Å². The van der Waals surface area contributed by atoms with Gasteiger partial charge in [-0.2, -0.15) is 0 Å². The van der Waals surface area contributed by atoms with E-state index in [1.165, 1.54) is 18.5 Å². The van der Waals surface area contributed by atoms with Gasteiger partial charge in [0.1, 0.15) is 11.3 Å². The lowest BCUT2D eigenvalue weighted by atomic mass is 10.0. The molecule has 2 rings (SSSR count). The third kappa shape index (κ3) is 1.39. The second-order valence-electron chi connectivity index (χ2n) is 2.78. The Hall–Kier alpha value is -1.69. The van der Waals surface area contributed by atoms with E-state index in [-0.39, 0.29) is 4.92 Å². The van der Waals surface area contributed by atoms with Gasteiger partial charge in [0.2, 0.25) is 0 Å². The van der Waals surface area contributed by atoms with Crippen molar-refractivity contribution < 1.29 is 4.92 Å². The first-order valence-corrected chi connectivity index (χ1v) is 4.28. The van der Waals surface area contributed by atoms with Gasteiger partial charge in [-0.05, 0) is 12.2 Å². The Morgan fingerprint density at radius 3 is 3.07 bits per heavy atom. The zero-order valence-electron chi connectivity index (χ0n) is 6.95. The van der Waals surface area contributed by atoms with Gasteiger partial charge in [0, 0.05) is 16.6 Å². The maximum absolute atomic E-state index is 10.5. The summed E-state index contributed by atoms with van der Waals surface area (Å²) in [5.74, 6) is 0. The number of thiocarbonyl (C=S) groups is 1. The molecule has 0 radical (unpaired) electrons. The maximum Gasteiger partial charge on any atom is 0.250 e. The van der Waals surface area contributed by atoms with Crippen molar-refractivity contribution in [2.45, 2.75) is 6.04 Å². The highest BCUT2D eigenvalue weighted by molar-refractivity contribution is 7.81. The predicted molar refractivity (Wildman–Crippen MR) is 56.5 cm³/mol. The van der Waals surface area contributed by atoms with E-state index >= 15 is 0 Å². The number of rotatable bonds is 1. The largest absolute Gasteiger partial charge is 0.264 e. The molecule has 0 bridgehead atoms. The summed E-state index contributed by atoms with van der Waals surface area (Å²) in [4.78, 5) is 18.2. The second kappa shape index (κ2) is 3.22. The fraction of sp³-hybridized carbons (Fsp3) is 0.125. The minimum Gasteiger partial charge on any atom is -0.264 e.